The lowest BCUT2D eigenvalue weighted by molar-refractivity contribution is 0.161. The lowest BCUT2D eigenvalue weighted by Gasteiger charge is -2.21. The lowest BCUT2D eigenvalue weighted by atomic mass is 10.0. The molecule has 19 heavy (non-hydrogen) atoms. The molecule has 0 bridgehead atoms. The molecule has 0 aromatic heterocycles. The van der Waals surface area contributed by atoms with Crippen molar-refractivity contribution in [3.63, 3.8) is 0 Å². The van der Waals surface area contributed by atoms with Gasteiger partial charge in [0.2, 0.25) is 0 Å². The van der Waals surface area contributed by atoms with Gasteiger partial charge in [0.05, 0.1) is 19.3 Å². The van der Waals surface area contributed by atoms with E-state index in [2.05, 4.69) is 5.32 Å². The van der Waals surface area contributed by atoms with Gasteiger partial charge in [-0.15, -0.1) is 0 Å². The number of ether oxygens (including phenoxy) is 1. The molecular weight excluding hydrogens is 238 g/mol. The van der Waals surface area contributed by atoms with Crippen LogP contribution in [-0.2, 0) is 0 Å². The van der Waals surface area contributed by atoms with Crippen molar-refractivity contribution in [2.45, 2.75) is 19.1 Å². The maximum absolute atomic E-state index is 10.3. The summed E-state index contributed by atoms with van der Waals surface area (Å²) in [6.07, 6.45) is -0.539. The van der Waals surface area contributed by atoms with Crippen LogP contribution in [-0.4, -0.2) is 18.3 Å². The van der Waals surface area contributed by atoms with Crippen LogP contribution in [0, 0.1) is 0 Å². The molecule has 2 rings (SSSR count). The molecule has 0 saturated heterocycles. The van der Waals surface area contributed by atoms with E-state index in [1.165, 1.54) is 0 Å². The maximum atomic E-state index is 10.3. The summed E-state index contributed by atoms with van der Waals surface area (Å²) >= 11 is 0. The van der Waals surface area contributed by atoms with Crippen molar-refractivity contribution in [1.29, 1.82) is 0 Å². The fourth-order valence-corrected chi connectivity index (χ4v) is 1.97. The minimum absolute atomic E-state index is 0.0733. The number of nitrogens with one attached hydrogen (secondary N) is 1. The van der Waals surface area contributed by atoms with Gasteiger partial charge in [0.15, 0.2) is 0 Å². The molecule has 2 N–H and O–H groups in total. The Morgan fingerprint density at radius 3 is 2.21 bits per heavy atom. The first-order chi connectivity index (χ1) is 9.20. The highest BCUT2D eigenvalue weighted by Crippen LogP contribution is 2.21. The van der Waals surface area contributed by atoms with Gasteiger partial charge >= 0.3 is 0 Å². The zero-order chi connectivity index (χ0) is 13.7. The Hall–Kier alpha value is -2.00. The Morgan fingerprint density at radius 2 is 1.63 bits per heavy atom. The Labute approximate surface area is 113 Å². The fourth-order valence-electron chi connectivity index (χ4n) is 1.97. The molecule has 0 aliphatic rings. The van der Waals surface area contributed by atoms with Crippen molar-refractivity contribution in [3.8, 4) is 5.75 Å². The Kier molecular flexibility index (Phi) is 4.42. The highest BCUT2D eigenvalue weighted by Gasteiger charge is 2.15. The number of anilines is 1. The average Bonchev–Trinajstić information content (AvgIpc) is 2.48. The topological polar surface area (TPSA) is 41.5 Å². The second kappa shape index (κ2) is 6.25. The van der Waals surface area contributed by atoms with Crippen LogP contribution in [0.1, 0.15) is 18.6 Å². The van der Waals surface area contributed by atoms with Gasteiger partial charge in [0.1, 0.15) is 5.75 Å². The molecule has 0 aliphatic heterocycles. The Morgan fingerprint density at radius 1 is 1.00 bits per heavy atom. The van der Waals surface area contributed by atoms with Crippen molar-refractivity contribution in [2.24, 2.45) is 0 Å². The predicted octanol–water partition coefficient (Wildman–Crippen LogP) is 3.23. The molecule has 2 aromatic carbocycles. The normalized spacial score (nSPS) is 13.6. The average molecular weight is 257 g/mol. The van der Waals surface area contributed by atoms with E-state index < -0.39 is 6.10 Å². The zero-order valence-corrected chi connectivity index (χ0v) is 11.2. The second-order valence-electron chi connectivity index (χ2n) is 4.52. The summed E-state index contributed by atoms with van der Waals surface area (Å²) in [5, 5.41) is 13.5. The number of hydrogen-bond donors (Lipinski definition) is 2. The van der Waals surface area contributed by atoms with Crippen LogP contribution in [0.4, 0.5) is 5.69 Å². The van der Waals surface area contributed by atoms with Crippen LogP contribution in [0.25, 0.3) is 0 Å². The van der Waals surface area contributed by atoms with Gasteiger partial charge in [-0.25, -0.2) is 0 Å². The van der Waals surface area contributed by atoms with E-state index in [4.69, 9.17) is 4.74 Å². The SMILES string of the molecule is COc1ccc(N[C@@H](C)[C@H](O)c2ccccc2)cc1. The first kappa shape index (κ1) is 13.4. The summed E-state index contributed by atoms with van der Waals surface area (Å²) < 4.78 is 5.11. The first-order valence-electron chi connectivity index (χ1n) is 6.34. The third-order valence-electron chi connectivity index (χ3n) is 3.10. The molecule has 0 unspecified atom stereocenters. The van der Waals surface area contributed by atoms with Crippen LogP contribution < -0.4 is 10.1 Å². The van der Waals surface area contributed by atoms with E-state index in [1.807, 2.05) is 61.5 Å². The number of methoxy groups -OCH3 is 1. The second-order valence-corrected chi connectivity index (χ2v) is 4.52. The van der Waals surface area contributed by atoms with E-state index in [9.17, 15) is 5.11 Å². The molecule has 0 saturated carbocycles. The largest absolute Gasteiger partial charge is 0.497 e. The minimum atomic E-state index is -0.539. The number of hydrogen-bond acceptors (Lipinski definition) is 3. The van der Waals surface area contributed by atoms with Gasteiger partial charge in [-0.05, 0) is 36.8 Å². The monoisotopic (exact) mass is 257 g/mol. The quantitative estimate of drug-likeness (QED) is 0.864. The molecule has 0 radical (unpaired) electrons. The molecule has 3 heteroatoms. The summed E-state index contributed by atoms with van der Waals surface area (Å²) in [5.41, 5.74) is 1.87. The predicted molar refractivity (Wildman–Crippen MR) is 77.5 cm³/mol. The third kappa shape index (κ3) is 3.48. The lowest BCUT2D eigenvalue weighted by Crippen LogP contribution is -2.23. The molecular formula is C16H19NO2. The van der Waals surface area contributed by atoms with E-state index in [0.29, 0.717) is 0 Å². The molecule has 0 fully saturated rings. The first-order valence-corrected chi connectivity index (χ1v) is 6.34. The van der Waals surface area contributed by atoms with E-state index in [0.717, 1.165) is 17.0 Å². The number of aliphatic hydroxyl groups excluding tert-OH is 1. The number of benzene rings is 2. The standard InChI is InChI=1S/C16H19NO2/c1-12(16(18)13-6-4-3-5-7-13)17-14-8-10-15(19-2)11-9-14/h3-12,16-18H,1-2H3/t12-,16-/m0/s1. The summed E-state index contributed by atoms with van der Waals surface area (Å²) in [5.74, 6) is 0.821. The number of aliphatic hydroxyl groups is 1. The third-order valence-corrected chi connectivity index (χ3v) is 3.10. The molecule has 0 aliphatic carbocycles. The van der Waals surface area contributed by atoms with Gasteiger partial charge in [-0.2, -0.15) is 0 Å². The molecule has 0 heterocycles. The van der Waals surface area contributed by atoms with E-state index >= 15 is 0 Å². The van der Waals surface area contributed by atoms with Crippen LogP contribution >= 0.6 is 0 Å². The summed E-state index contributed by atoms with van der Waals surface area (Å²) in [6, 6.07) is 17.2. The molecule has 0 amide bonds. The zero-order valence-electron chi connectivity index (χ0n) is 11.2. The van der Waals surface area contributed by atoms with Crippen LogP contribution in [0.2, 0.25) is 0 Å². The van der Waals surface area contributed by atoms with Crippen molar-refractivity contribution in [1.82, 2.24) is 0 Å². The van der Waals surface area contributed by atoms with Gasteiger partial charge < -0.3 is 15.2 Å². The highest BCUT2D eigenvalue weighted by molar-refractivity contribution is 5.47. The van der Waals surface area contributed by atoms with Crippen LogP contribution in [0.5, 0.6) is 5.75 Å². The molecule has 3 nitrogen and oxygen atoms in total. The molecule has 100 valence electrons. The van der Waals surface area contributed by atoms with Crippen molar-refractivity contribution in [3.05, 3.63) is 60.2 Å². The summed E-state index contributed by atoms with van der Waals surface area (Å²) in [7, 11) is 1.64. The Bertz CT molecular complexity index is 496. The molecule has 2 atom stereocenters. The fraction of sp³-hybridized carbons (Fsp3) is 0.250. The van der Waals surface area contributed by atoms with Crippen LogP contribution in [0.15, 0.2) is 54.6 Å². The van der Waals surface area contributed by atoms with E-state index in [1.54, 1.807) is 7.11 Å². The summed E-state index contributed by atoms with van der Waals surface area (Å²) in [4.78, 5) is 0. The molecule has 2 aromatic rings. The smallest absolute Gasteiger partial charge is 0.119 e. The number of rotatable bonds is 5. The Balaban J connectivity index is 2.01. The van der Waals surface area contributed by atoms with Gasteiger partial charge in [0, 0.05) is 5.69 Å². The van der Waals surface area contributed by atoms with Crippen molar-refractivity contribution >= 4 is 5.69 Å². The van der Waals surface area contributed by atoms with Crippen molar-refractivity contribution < 1.29 is 9.84 Å². The summed E-state index contributed by atoms with van der Waals surface area (Å²) in [6.45, 7) is 1.96. The van der Waals surface area contributed by atoms with Gasteiger partial charge in [0.25, 0.3) is 0 Å². The maximum Gasteiger partial charge on any atom is 0.119 e. The van der Waals surface area contributed by atoms with Gasteiger partial charge in [-0.3, -0.25) is 0 Å². The van der Waals surface area contributed by atoms with Crippen molar-refractivity contribution in [2.75, 3.05) is 12.4 Å². The minimum Gasteiger partial charge on any atom is -0.497 e. The highest BCUT2D eigenvalue weighted by atomic mass is 16.5. The van der Waals surface area contributed by atoms with E-state index in [-0.39, 0.29) is 6.04 Å². The molecule has 0 spiro atoms. The van der Waals surface area contributed by atoms with Crippen LogP contribution in [0.3, 0.4) is 0 Å². The van der Waals surface area contributed by atoms with Gasteiger partial charge in [-0.1, -0.05) is 30.3 Å².